The van der Waals surface area contributed by atoms with E-state index in [2.05, 4.69) is 23.1 Å². The summed E-state index contributed by atoms with van der Waals surface area (Å²) in [6.45, 7) is 5.21. The zero-order valence-electron chi connectivity index (χ0n) is 11.2. The van der Waals surface area contributed by atoms with Gasteiger partial charge in [0.15, 0.2) is 15.7 Å². The van der Waals surface area contributed by atoms with E-state index in [9.17, 15) is 8.42 Å². The zero-order valence-corrected chi connectivity index (χ0v) is 12.8. The topological polar surface area (TPSA) is 76.3 Å². The van der Waals surface area contributed by atoms with Crippen molar-refractivity contribution in [2.75, 3.05) is 17.2 Å². The highest BCUT2D eigenvalue weighted by molar-refractivity contribution is 7.92. The van der Waals surface area contributed by atoms with E-state index in [4.69, 9.17) is 5.73 Å². The van der Waals surface area contributed by atoms with Crippen molar-refractivity contribution in [2.24, 2.45) is 5.92 Å². The van der Waals surface area contributed by atoms with Crippen LogP contribution in [0.1, 0.15) is 33.1 Å². The molecule has 2 N–H and O–H groups in total. The van der Waals surface area contributed by atoms with Gasteiger partial charge in [0.2, 0.25) is 0 Å². The molecule has 2 unspecified atom stereocenters. The van der Waals surface area contributed by atoms with Gasteiger partial charge >= 0.3 is 0 Å². The van der Waals surface area contributed by atoms with Crippen LogP contribution in [-0.2, 0) is 9.84 Å². The summed E-state index contributed by atoms with van der Waals surface area (Å²) in [5.74, 6) is 0.758. The first kappa shape index (κ1) is 13.2. The predicted octanol–water partition coefficient (Wildman–Crippen LogP) is 1.90. The summed E-state index contributed by atoms with van der Waals surface area (Å²) in [5, 5.41) is 0.515. The Hall–Kier alpha value is -0.820. The lowest BCUT2D eigenvalue weighted by molar-refractivity contribution is 0.595. The maximum atomic E-state index is 12.5. The summed E-state index contributed by atoms with van der Waals surface area (Å²) in [4.78, 5) is 2.45. The SMILES string of the molecule is CC1CC(C)N(c2snc(N)c2S(=O)(=O)C2CC2)C1. The molecule has 5 nitrogen and oxygen atoms in total. The molecule has 1 saturated carbocycles. The average molecular weight is 301 g/mol. The first-order valence-corrected chi connectivity index (χ1v) is 8.99. The molecule has 2 aliphatic rings. The molecule has 7 heteroatoms. The van der Waals surface area contributed by atoms with Crippen molar-refractivity contribution >= 4 is 32.2 Å². The van der Waals surface area contributed by atoms with Gasteiger partial charge in [0, 0.05) is 12.6 Å². The van der Waals surface area contributed by atoms with Crippen molar-refractivity contribution in [1.82, 2.24) is 4.37 Å². The highest BCUT2D eigenvalue weighted by atomic mass is 32.2. The molecule has 0 spiro atoms. The molecule has 0 bridgehead atoms. The van der Waals surface area contributed by atoms with Gasteiger partial charge in [-0.15, -0.1) is 0 Å². The minimum absolute atomic E-state index is 0.179. The number of anilines is 2. The van der Waals surface area contributed by atoms with Crippen LogP contribution in [0, 0.1) is 5.92 Å². The number of nitrogens with zero attached hydrogens (tertiary/aromatic N) is 2. The number of nitrogen functional groups attached to an aromatic ring is 1. The fourth-order valence-corrected chi connectivity index (χ4v) is 5.99. The number of rotatable bonds is 3. The highest BCUT2D eigenvalue weighted by Crippen LogP contribution is 2.44. The van der Waals surface area contributed by atoms with Crippen LogP contribution in [0.25, 0.3) is 0 Å². The lowest BCUT2D eigenvalue weighted by Crippen LogP contribution is -2.27. The lowest BCUT2D eigenvalue weighted by atomic mass is 10.1. The molecule has 1 aliphatic heterocycles. The number of hydrogen-bond donors (Lipinski definition) is 1. The maximum absolute atomic E-state index is 12.5. The van der Waals surface area contributed by atoms with Gasteiger partial charge in [-0.3, -0.25) is 0 Å². The number of aromatic nitrogens is 1. The van der Waals surface area contributed by atoms with Crippen LogP contribution in [-0.4, -0.2) is 30.6 Å². The first-order chi connectivity index (χ1) is 8.91. The van der Waals surface area contributed by atoms with Crippen molar-refractivity contribution in [3.63, 3.8) is 0 Å². The van der Waals surface area contributed by atoms with Crippen molar-refractivity contribution in [3.05, 3.63) is 0 Å². The van der Waals surface area contributed by atoms with Gasteiger partial charge in [0.1, 0.15) is 9.90 Å². The Labute approximate surface area is 117 Å². The molecule has 2 heterocycles. The van der Waals surface area contributed by atoms with Crippen LogP contribution >= 0.6 is 11.5 Å². The average Bonchev–Trinajstić information content (AvgIpc) is 3.03. The van der Waals surface area contributed by atoms with E-state index < -0.39 is 9.84 Å². The Morgan fingerprint density at radius 3 is 2.58 bits per heavy atom. The molecule has 0 radical (unpaired) electrons. The predicted molar refractivity (Wildman–Crippen MR) is 77.3 cm³/mol. The van der Waals surface area contributed by atoms with Crippen LogP contribution < -0.4 is 10.6 Å². The standard InChI is InChI=1S/C12H19N3O2S2/c1-7-5-8(2)15(6-7)12-10(11(13)14-18-12)19(16,17)9-3-4-9/h7-9H,3-6H2,1-2H3,(H2,13,14). The van der Waals surface area contributed by atoms with E-state index in [0.29, 0.717) is 16.9 Å². The zero-order chi connectivity index (χ0) is 13.8. The van der Waals surface area contributed by atoms with Gasteiger partial charge < -0.3 is 10.6 Å². The smallest absolute Gasteiger partial charge is 0.187 e. The van der Waals surface area contributed by atoms with Crippen LogP contribution in [0.3, 0.4) is 0 Å². The molecule has 1 saturated heterocycles. The molecule has 0 aromatic carbocycles. The maximum Gasteiger partial charge on any atom is 0.187 e. The third-order valence-electron chi connectivity index (χ3n) is 3.95. The van der Waals surface area contributed by atoms with Gasteiger partial charge in [-0.25, -0.2) is 8.42 Å². The van der Waals surface area contributed by atoms with Crippen molar-refractivity contribution in [1.29, 1.82) is 0 Å². The lowest BCUT2D eigenvalue weighted by Gasteiger charge is -2.22. The van der Waals surface area contributed by atoms with Crippen molar-refractivity contribution < 1.29 is 8.42 Å². The van der Waals surface area contributed by atoms with Crippen LogP contribution in [0.4, 0.5) is 10.8 Å². The molecule has 1 aromatic rings. The molecule has 3 rings (SSSR count). The Kier molecular flexibility index (Phi) is 3.01. The van der Waals surface area contributed by atoms with E-state index in [0.717, 1.165) is 30.8 Å². The fraction of sp³-hybridized carbons (Fsp3) is 0.750. The Balaban J connectivity index is 2.04. The van der Waals surface area contributed by atoms with Crippen LogP contribution in [0.2, 0.25) is 0 Å². The van der Waals surface area contributed by atoms with Crippen molar-refractivity contribution in [2.45, 2.75) is 49.3 Å². The summed E-state index contributed by atoms with van der Waals surface area (Å²) in [6.07, 6.45) is 2.59. The molecule has 0 amide bonds. The second-order valence-corrected chi connectivity index (χ2v) is 8.71. The van der Waals surface area contributed by atoms with E-state index in [1.165, 1.54) is 11.5 Å². The van der Waals surface area contributed by atoms with E-state index >= 15 is 0 Å². The van der Waals surface area contributed by atoms with Gasteiger partial charge in [-0.2, -0.15) is 4.37 Å². The van der Waals surface area contributed by atoms with Gasteiger partial charge in [0.25, 0.3) is 0 Å². The number of sulfone groups is 1. The summed E-state index contributed by atoms with van der Waals surface area (Å²) in [6, 6.07) is 0.350. The van der Waals surface area contributed by atoms with Crippen LogP contribution in [0.15, 0.2) is 4.90 Å². The summed E-state index contributed by atoms with van der Waals surface area (Å²) < 4.78 is 29.1. The highest BCUT2D eigenvalue weighted by Gasteiger charge is 2.42. The number of nitrogens with two attached hydrogens (primary N) is 1. The third kappa shape index (κ3) is 2.12. The monoisotopic (exact) mass is 301 g/mol. The molecular formula is C12H19N3O2S2. The molecule has 19 heavy (non-hydrogen) atoms. The van der Waals surface area contributed by atoms with Gasteiger partial charge in [-0.1, -0.05) is 6.92 Å². The van der Waals surface area contributed by atoms with E-state index in [1.54, 1.807) is 0 Å². The summed E-state index contributed by atoms with van der Waals surface area (Å²) >= 11 is 1.22. The van der Waals surface area contributed by atoms with E-state index in [1.807, 2.05) is 0 Å². The molecule has 2 fully saturated rings. The summed E-state index contributed by atoms with van der Waals surface area (Å²) in [5.41, 5.74) is 5.83. The molecule has 1 aromatic heterocycles. The molecular weight excluding hydrogens is 282 g/mol. The minimum atomic E-state index is -3.28. The van der Waals surface area contributed by atoms with Crippen molar-refractivity contribution in [3.8, 4) is 0 Å². The van der Waals surface area contributed by atoms with Gasteiger partial charge in [0.05, 0.1) is 5.25 Å². The first-order valence-electron chi connectivity index (χ1n) is 6.67. The minimum Gasteiger partial charge on any atom is -0.382 e. The normalized spacial score (nSPS) is 28.0. The Morgan fingerprint density at radius 2 is 2.05 bits per heavy atom. The quantitative estimate of drug-likeness (QED) is 0.922. The Morgan fingerprint density at radius 1 is 1.37 bits per heavy atom. The van der Waals surface area contributed by atoms with E-state index in [-0.39, 0.29) is 11.1 Å². The second kappa shape index (κ2) is 4.34. The summed E-state index contributed by atoms with van der Waals surface area (Å²) in [7, 11) is -3.28. The molecule has 106 valence electrons. The molecule has 2 atom stereocenters. The third-order valence-corrected chi connectivity index (χ3v) is 7.30. The Bertz CT molecular complexity index is 592. The van der Waals surface area contributed by atoms with Gasteiger partial charge in [-0.05, 0) is 43.6 Å². The number of hydrogen-bond acceptors (Lipinski definition) is 6. The van der Waals surface area contributed by atoms with Crippen LogP contribution in [0.5, 0.6) is 0 Å². The largest absolute Gasteiger partial charge is 0.382 e. The second-order valence-electron chi connectivity index (χ2n) is 5.79. The fourth-order valence-electron chi connectivity index (χ4n) is 2.86. The molecule has 1 aliphatic carbocycles.